The summed E-state index contributed by atoms with van der Waals surface area (Å²) in [4.78, 5) is 23.6. The summed E-state index contributed by atoms with van der Waals surface area (Å²) in [7, 11) is 1.30. The number of hydrogen-bond acceptors (Lipinski definition) is 6. The number of methoxy groups -OCH3 is 1. The lowest BCUT2D eigenvalue weighted by Gasteiger charge is -2.17. The van der Waals surface area contributed by atoms with E-state index in [9.17, 15) is 9.59 Å². The first-order chi connectivity index (χ1) is 8.04. The van der Waals surface area contributed by atoms with Gasteiger partial charge in [-0.05, 0) is 23.9 Å². The summed E-state index contributed by atoms with van der Waals surface area (Å²) in [5, 5.41) is 6.19. The molecule has 0 saturated carbocycles. The van der Waals surface area contributed by atoms with Crippen molar-refractivity contribution in [2.24, 2.45) is 5.92 Å². The predicted octanol–water partition coefficient (Wildman–Crippen LogP) is 0.856. The number of rotatable bonds is 5. The van der Waals surface area contributed by atoms with Crippen molar-refractivity contribution in [3.05, 3.63) is 11.1 Å². The van der Waals surface area contributed by atoms with E-state index in [2.05, 4.69) is 19.6 Å². The first kappa shape index (κ1) is 13.6. The molecule has 1 aromatic rings. The normalized spacial score (nSPS) is 12.2. The predicted molar refractivity (Wildman–Crippen MR) is 62.6 cm³/mol. The number of carbonyl (C=O) groups excluding carboxylic acids is 2. The molecule has 94 valence electrons. The van der Waals surface area contributed by atoms with E-state index in [0.29, 0.717) is 11.3 Å². The molecule has 0 saturated heterocycles. The average Bonchev–Trinajstić information content (AvgIpc) is 2.79. The Morgan fingerprint density at radius 1 is 1.53 bits per heavy atom. The zero-order valence-electron chi connectivity index (χ0n) is 9.97. The van der Waals surface area contributed by atoms with Gasteiger partial charge in [0.15, 0.2) is 0 Å². The van der Waals surface area contributed by atoms with Gasteiger partial charge in [0.1, 0.15) is 10.9 Å². The van der Waals surface area contributed by atoms with Gasteiger partial charge < -0.3 is 10.1 Å². The van der Waals surface area contributed by atoms with Gasteiger partial charge in [0.05, 0.1) is 13.3 Å². The van der Waals surface area contributed by atoms with E-state index in [0.717, 1.165) is 11.5 Å². The van der Waals surface area contributed by atoms with Gasteiger partial charge in [-0.25, -0.2) is 4.79 Å². The second-order valence-corrected chi connectivity index (χ2v) is 4.75. The lowest BCUT2D eigenvalue weighted by molar-refractivity contribution is -0.143. The molecule has 7 heteroatoms. The van der Waals surface area contributed by atoms with E-state index in [-0.39, 0.29) is 11.8 Å². The standard InChI is InChI=1S/C10H15N3O3S/c1-6(2)4-7(10(15)16-3)12-9(14)8-5-11-13-17-8/h5-7H,4H2,1-3H3,(H,12,14). The van der Waals surface area contributed by atoms with E-state index >= 15 is 0 Å². The third kappa shape index (κ3) is 4.10. The van der Waals surface area contributed by atoms with E-state index in [1.165, 1.54) is 13.3 Å². The van der Waals surface area contributed by atoms with Crippen LogP contribution >= 0.6 is 11.5 Å². The lowest BCUT2D eigenvalue weighted by atomic mass is 10.0. The SMILES string of the molecule is COC(=O)C(CC(C)C)NC(=O)c1cnns1. The van der Waals surface area contributed by atoms with Crippen LogP contribution < -0.4 is 5.32 Å². The maximum Gasteiger partial charge on any atom is 0.328 e. The first-order valence-electron chi connectivity index (χ1n) is 5.20. The van der Waals surface area contributed by atoms with Crippen LogP contribution in [0.1, 0.15) is 29.9 Å². The summed E-state index contributed by atoms with van der Waals surface area (Å²) < 4.78 is 8.24. The fraction of sp³-hybridized carbons (Fsp3) is 0.600. The molecular weight excluding hydrogens is 242 g/mol. The molecule has 1 aromatic heterocycles. The smallest absolute Gasteiger partial charge is 0.328 e. The Hall–Kier alpha value is -1.50. The number of ether oxygens (including phenoxy) is 1. The second-order valence-electron chi connectivity index (χ2n) is 3.96. The molecule has 1 N–H and O–H groups in total. The van der Waals surface area contributed by atoms with Crippen LogP contribution in [0.3, 0.4) is 0 Å². The third-order valence-electron chi connectivity index (χ3n) is 2.08. The molecule has 0 aliphatic heterocycles. The molecule has 0 spiro atoms. The Morgan fingerprint density at radius 2 is 2.24 bits per heavy atom. The van der Waals surface area contributed by atoms with Gasteiger partial charge in [0.2, 0.25) is 0 Å². The van der Waals surface area contributed by atoms with Gasteiger partial charge in [-0.1, -0.05) is 18.3 Å². The number of nitrogens with one attached hydrogen (secondary N) is 1. The third-order valence-corrected chi connectivity index (χ3v) is 2.75. The highest BCUT2D eigenvalue weighted by Crippen LogP contribution is 2.08. The fourth-order valence-corrected chi connectivity index (χ4v) is 1.74. The minimum Gasteiger partial charge on any atom is -0.467 e. The number of hydrogen-bond donors (Lipinski definition) is 1. The largest absolute Gasteiger partial charge is 0.467 e. The van der Waals surface area contributed by atoms with Crippen molar-refractivity contribution in [2.45, 2.75) is 26.3 Å². The zero-order valence-corrected chi connectivity index (χ0v) is 10.8. The topological polar surface area (TPSA) is 81.2 Å². The van der Waals surface area contributed by atoms with E-state index in [4.69, 9.17) is 0 Å². The van der Waals surface area contributed by atoms with Crippen molar-refractivity contribution in [1.82, 2.24) is 14.9 Å². The van der Waals surface area contributed by atoms with Crippen LogP contribution in [-0.4, -0.2) is 34.6 Å². The summed E-state index contributed by atoms with van der Waals surface area (Å²) in [5.74, 6) is -0.514. The Balaban J connectivity index is 2.66. The lowest BCUT2D eigenvalue weighted by Crippen LogP contribution is -2.42. The summed E-state index contributed by atoms with van der Waals surface area (Å²) in [5.41, 5.74) is 0. The van der Waals surface area contributed by atoms with Gasteiger partial charge >= 0.3 is 5.97 Å². The molecular formula is C10H15N3O3S. The first-order valence-corrected chi connectivity index (χ1v) is 5.98. The van der Waals surface area contributed by atoms with Crippen molar-refractivity contribution >= 4 is 23.4 Å². The number of amides is 1. The molecule has 0 aromatic carbocycles. The van der Waals surface area contributed by atoms with E-state index < -0.39 is 12.0 Å². The van der Waals surface area contributed by atoms with Crippen molar-refractivity contribution < 1.29 is 14.3 Å². The van der Waals surface area contributed by atoms with E-state index in [1.54, 1.807) is 0 Å². The van der Waals surface area contributed by atoms with Gasteiger partial charge in [-0.3, -0.25) is 4.79 Å². The number of nitrogens with zero attached hydrogens (tertiary/aromatic N) is 2. The molecule has 0 fully saturated rings. The Kier molecular flexibility index (Phi) is 5.02. The van der Waals surface area contributed by atoms with Crippen LogP contribution in [0.5, 0.6) is 0 Å². The minimum absolute atomic E-state index is 0.277. The minimum atomic E-state index is -0.630. The quantitative estimate of drug-likeness (QED) is 0.791. The van der Waals surface area contributed by atoms with E-state index in [1.807, 2.05) is 13.8 Å². The zero-order chi connectivity index (χ0) is 12.8. The number of carbonyl (C=O) groups is 2. The molecule has 17 heavy (non-hydrogen) atoms. The summed E-state index contributed by atoms with van der Waals surface area (Å²) in [6.45, 7) is 3.94. The van der Waals surface area contributed by atoms with Crippen molar-refractivity contribution in [3.8, 4) is 0 Å². The van der Waals surface area contributed by atoms with Gasteiger partial charge in [0, 0.05) is 0 Å². The van der Waals surface area contributed by atoms with Crippen LogP contribution in [0, 0.1) is 5.92 Å². The second kappa shape index (κ2) is 6.29. The van der Waals surface area contributed by atoms with Crippen molar-refractivity contribution in [3.63, 3.8) is 0 Å². The van der Waals surface area contributed by atoms with Gasteiger partial charge in [0.25, 0.3) is 5.91 Å². The van der Waals surface area contributed by atoms with Gasteiger partial charge in [-0.2, -0.15) is 0 Å². The Morgan fingerprint density at radius 3 is 2.71 bits per heavy atom. The molecule has 1 unspecified atom stereocenters. The molecule has 1 heterocycles. The van der Waals surface area contributed by atoms with Crippen molar-refractivity contribution in [2.75, 3.05) is 7.11 Å². The molecule has 0 aliphatic rings. The summed E-state index contributed by atoms with van der Waals surface area (Å²) >= 11 is 0.986. The number of aromatic nitrogens is 2. The molecule has 1 amide bonds. The van der Waals surface area contributed by atoms with Crippen LogP contribution in [0.15, 0.2) is 6.20 Å². The Bertz CT molecular complexity index is 378. The molecule has 0 radical (unpaired) electrons. The molecule has 1 atom stereocenters. The maximum atomic E-state index is 11.7. The maximum absolute atomic E-state index is 11.7. The fourth-order valence-electron chi connectivity index (χ4n) is 1.32. The highest BCUT2D eigenvalue weighted by atomic mass is 32.1. The highest BCUT2D eigenvalue weighted by molar-refractivity contribution is 7.07. The monoisotopic (exact) mass is 257 g/mol. The van der Waals surface area contributed by atoms with Crippen molar-refractivity contribution in [1.29, 1.82) is 0 Å². The summed E-state index contributed by atoms with van der Waals surface area (Å²) in [6.07, 6.45) is 1.90. The van der Waals surface area contributed by atoms with Crippen LogP contribution in [0.25, 0.3) is 0 Å². The van der Waals surface area contributed by atoms with Gasteiger partial charge in [-0.15, -0.1) is 5.10 Å². The average molecular weight is 257 g/mol. The summed E-state index contributed by atoms with van der Waals surface area (Å²) in [6, 6.07) is -0.630. The number of esters is 1. The molecule has 0 aliphatic carbocycles. The molecule has 1 rings (SSSR count). The van der Waals surface area contributed by atoms with Crippen LogP contribution in [0.4, 0.5) is 0 Å². The molecule has 6 nitrogen and oxygen atoms in total. The Labute approximate surface area is 104 Å². The highest BCUT2D eigenvalue weighted by Gasteiger charge is 2.23. The van der Waals surface area contributed by atoms with Crippen LogP contribution in [0.2, 0.25) is 0 Å². The molecule has 0 bridgehead atoms. The van der Waals surface area contributed by atoms with Crippen LogP contribution in [-0.2, 0) is 9.53 Å².